The van der Waals surface area contributed by atoms with E-state index in [1.165, 1.54) is 16.4 Å². The van der Waals surface area contributed by atoms with Gasteiger partial charge in [-0.3, -0.25) is 4.79 Å². The second kappa shape index (κ2) is 9.90. The van der Waals surface area contributed by atoms with E-state index in [4.69, 9.17) is 16.3 Å². The highest BCUT2D eigenvalue weighted by Crippen LogP contribution is 2.36. The van der Waals surface area contributed by atoms with Crippen LogP contribution in [0.4, 0.5) is 18.9 Å². The lowest BCUT2D eigenvalue weighted by Crippen LogP contribution is -2.41. The largest absolute Gasteiger partial charge is 0.494 e. The van der Waals surface area contributed by atoms with Gasteiger partial charge >= 0.3 is 6.18 Å². The first-order chi connectivity index (χ1) is 15.4. The fourth-order valence-corrected chi connectivity index (χ4v) is 5.45. The Morgan fingerprint density at radius 3 is 2.42 bits per heavy atom. The molecule has 1 aliphatic heterocycles. The molecule has 180 valence electrons. The maximum absolute atomic E-state index is 13.0. The zero-order valence-corrected chi connectivity index (χ0v) is 19.6. The lowest BCUT2D eigenvalue weighted by Gasteiger charge is -2.30. The molecule has 0 spiro atoms. The second-order valence-corrected chi connectivity index (χ2v) is 10.1. The fraction of sp³-hybridized carbons (Fsp3) is 0.409. The van der Waals surface area contributed by atoms with Crippen molar-refractivity contribution in [2.75, 3.05) is 25.0 Å². The second-order valence-electron chi connectivity index (χ2n) is 7.72. The summed E-state index contributed by atoms with van der Waals surface area (Å²) in [6, 6.07) is 7.82. The average molecular weight is 505 g/mol. The number of nitrogens with one attached hydrogen (secondary N) is 1. The van der Waals surface area contributed by atoms with Crippen molar-refractivity contribution in [2.24, 2.45) is 5.92 Å². The predicted molar refractivity (Wildman–Crippen MR) is 119 cm³/mol. The first-order valence-corrected chi connectivity index (χ1v) is 12.2. The summed E-state index contributed by atoms with van der Waals surface area (Å²) in [6.07, 6.45) is -4.14. The Kier molecular flexibility index (Phi) is 7.60. The van der Waals surface area contributed by atoms with E-state index in [-0.39, 0.29) is 36.5 Å². The van der Waals surface area contributed by atoms with Gasteiger partial charge in [0.25, 0.3) is 0 Å². The molecule has 0 bridgehead atoms. The minimum Gasteiger partial charge on any atom is -0.494 e. The highest BCUT2D eigenvalue weighted by molar-refractivity contribution is 7.89. The Morgan fingerprint density at radius 2 is 1.85 bits per heavy atom. The molecule has 1 saturated heterocycles. The Hall–Kier alpha value is -2.30. The third-order valence-corrected chi connectivity index (χ3v) is 7.67. The van der Waals surface area contributed by atoms with E-state index in [1.54, 1.807) is 19.1 Å². The highest BCUT2D eigenvalue weighted by Gasteiger charge is 2.35. The monoisotopic (exact) mass is 504 g/mol. The first-order valence-electron chi connectivity index (χ1n) is 10.3. The average Bonchev–Trinajstić information content (AvgIpc) is 2.76. The molecule has 0 aliphatic carbocycles. The van der Waals surface area contributed by atoms with Crippen LogP contribution in [-0.2, 0) is 21.0 Å². The summed E-state index contributed by atoms with van der Waals surface area (Å²) in [5.74, 6) is -0.370. The zero-order valence-electron chi connectivity index (χ0n) is 18.1. The Balaban J connectivity index is 1.65. The number of ether oxygens (including phenoxy) is 1. The van der Waals surface area contributed by atoms with Gasteiger partial charge < -0.3 is 10.1 Å². The number of hydrogen-bond acceptors (Lipinski definition) is 4. The molecule has 3 rings (SSSR count). The van der Waals surface area contributed by atoms with Crippen molar-refractivity contribution in [1.29, 1.82) is 0 Å². The first kappa shape index (κ1) is 25.3. The van der Waals surface area contributed by atoms with E-state index in [2.05, 4.69) is 5.32 Å². The van der Waals surface area contributed by atoms with Crippen molar-refractivity contribution in [3.63, 3.8) is 0 Å². The number of amides is 1. The predicted octanol–water partition coefficient (Wildman–Crippen LogP) is 5.11. The number of halogens is 4. The SMILES string of the molecule is CCOc1ccc(S(=O)(=O)N2CCC(C(=O)Nc3ccc(Cl)c(C(F)(F)F)c3)CC2)cc1C. The molecule has 0 saturated carbocycles. The minimum atomic E-state index is -4.64. The number of rotatable bonds is 6. The van der Waals surface area contributed by atoms with E-state index in [0.717, 1.165) is 12.1 Å². The van der Waals surface area contributed by atoms with Gasteiger partial charge in [-0.15, -0.1) is 0 Å². The zero-order chi connectivity index (χ0) is 24.4. The number of hydrogen-bond donors (Lipinski definition) is 1. The molecule has 0 radical (unpaired) electrons. The number of anilines is 1. The Bertz CT molecular complexity index is 1130. The van der Waals surface area contributed by atoms with Crippen molar-refractivity contribution in [1.82, 2.24) is 4.31 Å². The molecule has 33 heavy (non-hydrogen) atoms. The number of piperidine rings is 1. The molecule has 11 heteroatoms. The van der Waals surface area contributed by atoms with Gasteiger partial charge in [-0.05, 0) is 68.7 Å². The lowest BCUT2D eigenvalue weighted by atomic mass is 9.97. The summed E-state index contributed by atoms with van der Waals surface area (Å²) < 4.78 is 71.9. The summed E-state index contributed by atoms with van der Waals surface area (Å²) in [7, 11) is -3.74. The number of aryl methyl sites for hydroxylation is 1. The smallest absolute Gasteiger partial charge is 0.417 e. The molecular formula is C22H24ClF3N2O4S. The van der Waals surface area contributed by atoms with Gasteiger partial charge in [0, 0.05) is 24.7 Å². The van der Waals surface area contributed by atoms with Crippen LogP contribution in [0.15, 0.2) is 41.3 Å². The summed E-state index contributed by atoms with van der Waals surface area (Å²) in [6.45, 7) is 4.33. The van der Waals surface area contributed by atoms with Crippen molar-refractivity contribution >= 4 is 33.2 Å². The van der Waals surface area contributed by atoms with Crippen LogP contribution < -0.4 is 10.1 Å². The quantitative estimate of drug-likeness (QED) is 0.593. The van der Waals surface area contributed by atoms with Crippen LogP contribution in [0.1, 0.15) is 30.9 Å². The molecule has 1 heterocycles. The van der Waals surface area contributed by atoms with Crippen LogP contribution in [-0.4, -0.2) is 38.3 Å². The number of nitrogens with zero attached hydrogens (tertiary/aromatic N) is 1. The van der Waals surface area contributed by atoms with E-state index >= 15 is 0 Å². The van der Waals surface area contributed by atoms with E-state index in [9.17, 15) is 26.4 Å². The molecule has 0 unspecified atom stereocenters. The molecule has 1 aliphatic rings. The van der Waals surface area contributed by atoms with Crippen molar-refractivity contribution < 1.29 is 31.1 Å². The number of sulfonamides is 1. The Morgan fingerprint density at radius 1 is 1.18 bits per heavy atom. The van der Waals surface area contributed by atoms with Gasteiger partial charge in [0.1, 0.15) is 5.75 Å². The molecule has 0 aromatic heterocycles. The van der Waals surface area contributed by atoms with Gasteiger partial charge in [-0.25, -0.2) is 8.42 Å². The Labute approximate surface area is 195 Å². The third-order valence-electron chi connectivity index (χ3n) is 5.45. The highest BCUT2D eigenvalue weighted by atomic mass is 35.5. The van der Waals surface area contributed by atoms with Gasteiger partial charge in [-0.1, -0.05) is 11.6 Å². The number of alkyl halides is 3. The van der Waals surface area contributed by atoms with Crippen LogP contribution in [0.25, 0.3) is 0 Å². The van der Waals surface area contributed by atoms with Crippen LogP contribution in [0.3, 0.4) is 0 Å². The van der Waals surface area contributed by atoms with Gasteiger partial charge in [0.2, 0.25) is 15.9 Å². The molecule has 1 amide bonds. The van der Waals surface area contributed by atoms with Crippen molar-refractivity contribution in [3.8, 4) is 5.75 Å². The summed E-state index contributed by atoms with van der Waals surface area (Å²) >= 11 is 5.61. The van der Waals surface area contributed by atoms with E-state index in [1.807, 2.05) is 6.92 Å². The summed E-state index contributed by atoms with van der Waals surface area (Å²) in [5, 5.41) is 2.03. The molecule has 0 atom stereocenters. The van der Waals surface area contributed by atoms with Crippen LogP contribution in [0.5, 0.6) is 5.75 Å². The van der Waals surface area contributed by atoms with Gasteiger partial charge in [0.05, 0.1) is 22.1 Å². The van der Waals surface area contributed by atoms with Crippen LogP contribution in [0, 0.1) is 12.8 Å². The van der Waals surface area contributed by atoms with Gasteiger partial charge in [-0.2, -0.15) is 17.5 Å². The topological polar surface area (TPSA) is 75.7 Å². The van der Waals surface area contributed by atoms with Gasteiger partial charge in [0.15, 0.2) is 0 Å². The minimum absolute atomic E-state index is 0.0170. The molecular weight excluding hydrogens is 481 g/mol. The maximum atomic E-state index is 13.0. The fourth-order valence-electron chi connectivity index (χ4n) is 3.67. The molecule has 6 nitrogen and oxygen atoms in total. The molecule has 1 N–H and O–H groups in total. The molecule has 1 fully saturated rings. The molecule has 2 aromatic carbocycles. The van der Waals surface area contributed by atoms with Crippen LogP contribution >= 0.6 is 11.6 Å². The summed E-state index contributed by atoms with van der Waals surface area (Å²) in [4.78, 5) is 12.7. The third kappa shape index (κ3) is 5.80. The van der Waals surface area contributed by atoms with E-state index < -0.39 is 38.6 Å². The van der Waals surface area contributed by atoms with Crippen molar-refractivity contribution in [2.45, 2.75) is 37.8 Å². The number of benzene rings is 2. The normalized spacial score (nSPS) is 15.9. The standard InChI is InChI=1S/C22H24ClF3N2O4S/c1-3-32-20-7-5-17(12-14(20)2)33(30,31)28-10-8-15(9-11-28)21(29)27-16-4-6-19(23)18(13-16)22(24,25)26/h4-7,12-13,15H,3,8-11H2,1-2H3,(H,27,29). The van der Waals surface area contributed by atoms with E-state index in [0.29, 0.717) is 17.9 Å². The lowest BCUT2D eigenvalue weighted by molar-refractivity contribution is -0.137. The summed E-state index contributed by atoms with van der Waals surface area (Å²) in [5.41, 5.74) is -0.349. The van der Waals surface area contributed by atoms with Crippen molar-refractivity contribution in [3.05, 3.63) is 52.5 Å². The molecule has 2 aromatic rings. The number of carbonyl (C=O) groups is 1. The number of carbonyl (C=O) groups excluding carboxylic acids is 1. The van der Waals surface area contributed by atoms with Crippen LogP contribution in [0.2, 0.25) is 5.02 Å². The maximum Gasteiger partial charge on any atom is 0.417 e.